The number of thioether (sulfide) groups is 1. The van der Waals surface area contributed by atoms with Crippen LogP contribution in [0, 0.1) is 10.1 Å². The molecule has 0 saturated heterocycles. The van der Waals surface area contributed by atoms with E-state index in [4.69, 9.17) is 23.2 Å². The van der Waals surface area contributed by atoms with Gasteiger partial charge in [0.2, 0.25) is 0 Å². The van der Waals surface area contributed by atoms with Gasteiger partial charge < -0.3 is 0 Å². The Morgan fingerprint density at radius 1 is 1.38 bits per heavy atom. The summed E-state index contributed by atoms with van der Waals surface area (Å²) in [6, 6.07) is 4.99. The molecular formula is C7H5Cl2NO2S. The Hall–Kier alpha value is -0.450. The Bertz CT molecular complexity index is 312. The molecule has 1 aromatic carbocycles. The molecule has 0 bridgehead atoms. The molecule has 0 N–H and O–H groups in total. The summed E-state index contributed by atoms with van der Waals surface area (Å²) in [5.41, 5.74) is 0. The Morgan fingerprint density at radius 2 is 1.92 bits per heavy atom. The lowest BCUT2D eigenvalue weighted by atomic mass is 10.4. The van der Waals surface area contributed by atoms with Crippen molar-refractivity contribution < 1.29 is 4.92 Å². The fourth-order valence-electron chi connectivity index (χ4n) is 0.738. The monoisotopic (exact) mass is 237 g/mol. The van der Waals surface area contributed by atoms with E-state index in [-0.39, 0.29) is 5.88 Å². The smallest absolute Gasteiger partial charge is 0.253 e. The average Bonchev–Trinajstić information content (AvgIpc) is 2.03. The van der Waals surface area contributed by atoms with Gasteiger partial charge in [-0.05, 0) is 23.9 Å². The molecule has 0 unspecified atom stereocenters. The van der Waals surface area contributed by atoms with Crippen LogP contribution in [0.1, 0.15) is 0 Å². The number of nitro groups is 1. The van der Waals surface area contributed by atoms with E-state index in [1.807, 2.05) is 0 Å². The van der Waals surface area contributed by atoms with Crippen LogP contribution in [-0.4, -0.2) is 10.8 Å². The molecule has 0 fully saturated rings. The van der Waals surface area contributed by atoms with Gasteiger partial charge in [0, 0.05) is 4.92 Å². The summed E-state index contributed by atoms with van der Waals surface area (Å²) in [6.07, 6.45) is 0. The van der Waals surface area contributed by atoms with Crippen LogP contribution in [0.3, 0.4) is 0 Å². The summed E-state index contributed by atoms with van der Waals surface area (Å²) in [7, 11) is 0. The zero-order valence-electron chi connectivity index (χ0n) is 6.37. The molecule has 70 valence electrons. The van der Waals surface area contributed by atoms with Gasteiger partial charge >= 0.3 is 0 Å². The molecule has 3 nitrogen and oxygen atoms in total. The van der Waals surface area contributed by atoms with Gasteiger partial charge in [-0.3, -0.25) is 10.1 Å². The van der Waals surface area contributed by atoms with Crippen LogP contribution in [-0.2, 0) is 0 Å². The van der Waals surface area contributed by atoms with Crippen molar-refractivity contribution in [3.05, 3.63) is 38.4 Å². The molecule has 0 spiro atoms. The molecule has 0 amide bonds. The van der Waals surface area contributed by atoms with Crippen LogP contribution >= 0.6 is 35.0 Å². The molecule has 1 aromatic rings. The largest absolute Gasteiger partial charge is 0.264 e. The van der Waals surface area contributed by atoms with E-state index in [1.165, 1.54) is 0 Å². The van der Waals surface area contributed by atoms with Crippen molar-refractivity contribution in [1.82, 2.24) is 0 Å². The van der Waals surface area contributed by atoms with Crippen molar-refractivity contribution >= 4 is 35.0 Å². The maximum absolute atomic E-state index is 10.1. The van der Waals surface area contributed by atoms with Gasteiger partial charge in [-0.1, -0.05) is 29.3 Å². The summed E-state index contributed by atoms with van der Waals surface area (Å²) in [6.45, 7) is 0. The molecule has 0 aromatic heterocycles. The second-order valence-electron chi connectivity index (χ2n) is 2.16. The first-order valence-electron chi connectivity index (χ1n) is 3.30. The Balaban J connectivity index is 2.81. The van der Waals surface area contributed by atoms with Crippen LogP contribution in [0.5, 0.6) is 0 Å². The first-order valence-corrected chi connectivity index (χ1v) is 5.04. The number of nitrogens with zero attached hydrogens (tertiary/aromatic N) is 1. The van der Waals surface area contributed by atoms with Gasteiger partial charge in [0.25, 0.3) is 5.88 Å². The highest BCUT2D eigenvalue weighted by Crippen LogP contribution is 2.33. The molecule has 0 atom stereocenters. The predicted molar refractivity (Wildman–Crippen MR) is 54.2 cm³/mol. The average molecular weight is 238 g/mol. The van der Waals surface area contributed by atoms with Crippen LogP contribution < -0.4 is 0 Å². The SMILES string of the molecule is O=[N+]([O-])CSc1c(Cl)cccc1Cl. The van der Waals surface area contributed by atoms with E-state index in [0.29, 0.717) is 14.9 Å². The van der Waals surface area contributed by atoms with E-state index in [1.54, 1.807) is 18.2 Å². The molecule has 0 aliphatic heterocycles. The molecule has 0 radical (unpaired) electrons. The van der Waals surface area contributed by atoms with Crippen LogP contribution in [0.25, 0.3) is 0 Å². The van der Waals surface area contributed by atoms with Gasteiger partial charge in [0.1, 0.15) is 0 Å². The number of rotatable bonds is 3. The van der Waals surface area contributed by atoms with Gasteiger partial charge in [-0.25, -0.2) is 0 Å². The van der Waals surface area contributed by atoms with Gasteiger partial charge in [0.15, 0.2) is 0 Å². The molecule has 0 saturated carbocycles. The molecule has 1 rings (SSSR count). The van der Waals surface area contributed by atoms with Gasteiger partial charge in [-0.2, -0.15) is 0 Å². The minimum atomic E-state index is -0.426. The quantitative estimate of drug-likeness (QED) is 0.351. The van der Waals surface area contributed by atoms with E-state index in [0.717, 1.165) is 11.8 Å². The highest BCUT2D eigenvalue weighted by molar-refractivity contribution is 7.99. The van der Waals surface area contributed by atoms with Crippen molar-refractivity contribution in [2.45, 2.75) is 4.90 Å². The predicted octanol–water partition coefficient (Wildman–Crippen LogP) is 3.32. The number of benzene rings is 1. The molecule has 13 heavy (non-hydrogen) atoms. The summed E-state index contributed by atoms with van der Waals surface area (Å²) in [5, 5.41) is 11.0. The zero-order chi connectivity index (χ0) is 9.84. The van der Waals surface area contributed by atoms with Crippen molar-refractivity contribution in [3.8, 4) is 0 Å². The minimum absolute atomic E-state index is 0.233. The van der Waals surface area contributed by atoms with E-state index in [9.17, 15) is 10.1 Å². The van der Waals surface area contributed by atoms with Gasteiger partial charge in [-0.15, -0.1) is 0 Å². The summed E-state index contributed by atoms with van der Waals surface area (Å²) in [5.74, 6) is -0.233. The lowest BCUT2D eigenvalue weighted by Crippen LogP contribution is -1.95. The molecule has 0 aliphatic rings. The highest BCUT2D eigenvalue weighted by atomic mass is 35.5. The van der Waals surface area contributed by atoms with Gasteiger partial charge in [0.05, 0.1) is 14.9 Å². The van der Waals surface area contributed by atoms with Crippen LogP contribution in [0.2, 0.25) is 10.0 Å². The molecule has 0 heterocycles. The fraction of sp³-hybridized carbons (Fsp3) is 0.143. The third kappa shape index (κ3) is 3.06. The summed E-state index contributed by atoms with van der Waals surface area (Å²) >= 11 is 12.6. The highest BCUT2D eigenvalue weighted by Gasteiger charge is 2.08. The second kappa shape index (κ2) is 4.69. The minimum Gasteiger partial charge on any atom is -0.264 e. The third-order valence-electron chi connectivity index (χ3n) is 1.23. The number of hydrogen-bond acceptors (Lipinski definition) is 3. The van der Waals surface area contributed by atoms with Crippen molar-refractivity contribution in [1.29, 1.82) is 0 Å². The Labute approximate surface area is 89.2 Å². The normalized spacial score (nSPS) is 10.0. The topological polar surface area (TPSA) is 43.1 Å². The Kier molecular flexibility index (Phi) is 3.84. The molecular weight excluding hydrogens is 233 g/mol. The summed E-state index contributed by atoms with van der Waals surface area (Å²) in [4.78, 5) is 10.2. The molecule has 6 heteroatoms. The lowest BCUT2D eigenvalue weighted by molar-refractivity contribution is -0.456. The number of halogens is 2. The second-order valence-corrected chi connectivity index (χ2v) is 3.93. The zero-order valence-corrected chi connectivity index (χ0v) is 8.70. The number of hydrogen-bond donors (Lipinski definition) is 0. The van der Waals surface area contributed by atoms with Crippen LogP contribution in [0.4, 0.5) is 0 Å². The van der Waals surface area contributed by atoms with E-state index in [2.05, 4.69) is 0 Å². The third-order valence-corrected chi connectivity index (χ3v) is 3.16. The van der Waals surface area contributed by atoms with Crippen molar-refractivity contribution in [3.63, 3.8) is 0 Å². The van der Waals surface area contributed by atoms with Crippen LogP contribution in [0.15, 0.2) is 23.1 Å². The van der Waals surface area contributed by atoms with E-state index >= 15 is 0 Å². The van der Waals surface area contributed by atoms with E-state index < -0.39 is 4.92 Å². The first kappa shape index (κ1) is 10.6. The fourth-order valence-corrected chi connectivity index (χ4v) is 2.11. The maximum atomic E-state index is 10.1. The molecule has 0 aliphatic carbocycles. The Morgan fingerprint density at radius 3 is 2.38 bits per heavy atom. The maximum Gasteiger partial charge on any atom is 0.253 e. The van der Waals surface area contributed by atoms with Crippen molar-refractivity contribution in [2.24, 2.45) is 0 Å². The summed E-state index contributed by atoms with van der Waals surface area (Å²) < 4.78 is 0. The standard InChI is InChI=1S/C7H5Cl2NO2S/c8-5-2-1-3-6(9)7(5)13-4-10(11)12/h1-3H,4H2. The van der Waals surface area contributed by atoms with Crippen molar-refractivity contribution in [2.75, 3.05) is 5.88 Å². The first-order chi connectivity index (χ1) is 6.11. The lowest BCUT2D eigenvalue weighted by Gasteiger charge is -2.02.